The number of guanidine groups is 1. The number of para-hydroxylation sites is 1. The minimum Gasteiger partial charge on any atom is -0.492 e. The Morgan fingerprint density at radius 1 is 1.23 bits per heavy atom. The van der Waals surface area contributed by atoms with Crippen molar-refractivity contribution in [2.75, 3.05) is 27.2 Å². The van der Waals surface area contributed by atoms with Crippen LogP contribution < -0.4 is 10.1 Å². The summed E-state index contributed by atoms with van der Waals surface area (Å²) in [4.78, 5) is 6.40. The number of aryl methyl sites for hydroxylation is 1. The van der Waals surface area contributed by atoms with Gasteiger partial charge in [0, 0.05) is 33.0 Å². The molecule has 1 aromatic heterocycles. The van der Waals surface area contributed by atoms with E-state index < -0.39 is 0 Å². The molecule has 0 saturated heterocycles. The number of nitrogens with one attached hydrogen (secondary N) is 1. The Balaban J connectivity index is 1.76. The second-order valence-corrected chi connectivity index (χ2v) is 5.10. The Hall–Kier alpha value is -2.43. The van der Waals surface area contributed by atoms with E-state index in [-0.39, 0.29) is 0 Å². The SMILES string of the molecule is CN=C(NCCOc1ccccc1)N(C)Cc1cccn1C. The van der Waals surface area contributed by atoms with Crippen molar-refractivity contribution >= 4 is 5.96 Å². The van der Waals surface area contributed by atoms with E-state index in [4.69, 9.17) is 4.74 Å². The summed E-state index contributed by atoms with van der Waals surface area (Å²) in [7, 11) is 5.87. The molecule has 2 rings (SSSR count). The molecule has 0 aliphatic heterocycles. The van der Waals surface area contributed by atoms with Gasteiger partial charge in [0.2, 0.25) is 0 Å². The van der Waals surface area contributed by atoms with Crippen molar-refractivity contribution in [2.24, 2.45) is 12.0 Å². The molecule has 0 spiro atoms. The maximum Gasteiger partial charge on any atom is 0.193 e. The van der Waals surface area contributed by atoms with Crippen LogP contribution >= 0.6 is 0 Å². The summed E-state index contributed by atoms with van der Waals surface area (Å²) in [5.74, 6) is 1.74. The molecule has 2 aromatic rings. The van der Waals surface area contributed by atoms with Crippen LogP contribution in [-0.2, 0) is 13.6 Å². The predicted molar refractivity (Wildman–Crippen MR) is 90.2 cm³/mol. The van der Waals surface area contributed by atoms with Crippen LogP contribution in [0.15, 0.2) is 53.7 Å². The fourth-order valence-corrected chi connectivity index (χ4v) is 2.21. The van der Waals surface area contributed by atoms with Gasteiger partial charge in [0.1, 0.15) is 12.4 Å². The highest BCUT2D eigenvalue weighted by molar-refractivity contribution is 5.79. The molecule has 0 atom stereocenters. The van der Waals surface area contributed by atoms with Gasteiger partial charge in [0.05, 0.1) is 13.1 Å². The summed E-state index contributed by atoms with van der Waals surface area (Å²) >= 11 is 0. The second kappa shape index (κ2) is 8.12. The van der Waals surface area contributed by atoms with Gasteiger partial charge < -0.3 is 19.5 Å². The number of aliphatic imine (C=N–C) groups is 1. The van der Waals surface area contributed by atoms with Crippen molar-refractivity contribution in [2.45, 2.75) is 6.54 Å². The molecule has 0 unspecified atom stereocenters. The first kappa shape index (κ1) is 15.9. The first-order valence-electron chi connectivity index (χ1n) is 7.40. The minimum absolute atomic E-state index is 0.598. The lowest BCUT2D eigenvalue weighted by Gasteiger charge is -2.22. The zero-order valence-corrected chi connectivity index (χ0v) is 13.5. The molecule has 1 N–H and O–H groups in total. The third-order valence-electron chi connectivity index (χ3n) is 3.42. The van der Waals surface area contributed by atoms with E-state index in [0.717, 1.165) is 18.3 Å². The lowest BCUT2D eigenvalue weighted by atomic mass is 10.3. The molecule has 22 heavy (non-hydrogen) atoms. The molecule has 0 saturated carbocycles. The third-order valence-corrected chi connectivity index (χ3v) is 3.42. The van der Waals surface area contributed by atoms with Crippen molar-refractivity contribution in [3.05, 3.63) is 54.4 Å². The predicted octanol–water partition coefficient (Wildman–Crippen LogP) is 2.11. The molecule has 118 valence electrons. The largest absolute Gasteiger partial charge is 0.492 e. The Bertz CT molecular complexity index is 592. The molecule has 0 aliphatic rings. The Kier molecular flexibility index (Phi) is 5.89. The zero-order valence-electron chi connectivity index (χ0n) is 13.5. The third kappa shape index (κ3) is 4.55. The molecule has 0 radical (unpaired) electrons. The zero-order chi connectivity index (χ0) is 15.8. The van der Waals surface area contributed by atoms with Crippen molar-refractivity contribution in [3.63, 3.8) is 0 Å². The topological polar surface area (TPSA) is 41.8 Å². The monoisotopic (exact) mass is 300 g/mol. The molecule has 5 heteroatoms. The summed E-state index contributed by atoms with van der Waals surface area (Å²) in [5.41, 5.74) is 1.24. The van der Waals surface area contributed by atoms with Crippen molar-refractivity contribution in [1.82, 2.24) is 14.8 Å². The van der Waals surface area contributed by atoms with Gasteiger partial charge in [-0.05, 0) is 24.3 Å². The minimum atomic E-state index is 0.598. The highest BCUT2D eigenvalue weighted by atomic mass is 16.5. The smallest absolute Gasteiger partial charge is 0.193 e. The van der Waals surface area contributed by atoms with Gasteiger partial charge >= 0.3 is 0 Å². The molecule has 5 nitrogen and oxygen atoms in total. The van der Waals surface area contributed by atoms with Crippen LogP contribution in [-0.4, -0.2) is 42.7 Å². The number of hydrogen-bond donors (Lipinski definition) is 1. The number of rotatable bonds is 6. The number of aromatic nitrogens is 1. The fourth-order valence-electron chi connectivity index (χ4n) is 2.21. The van der Waals surface area contributed by atoms with E-state index in [0.29, 0.717) is 13.2 Å². The molecule has 1 aromatic carbocycles. The van der Waals surface area contributed by atoms with Crippen LogP contribution in [0.25, 0.3) is 0 Å². The summed E-state index contributed by atoms with van der Waals surface area (Å²) in [5, 5.41) is 3.31. The van der Waals surface area contributed by atoms with Gasteiger partial charge in [-0.15, -0.1) is 0 Å². The van der Waals surface area contributed by atoms with Crippen molar-refractivity contribution in [3.8, 4) is 5.75 Å². The van der Waals surface area contributed by atoms with E-state index in [1.807, 2.05) is 56.7 Å². The van der Waals surface area contributed by atoms with E-state index in [2.05, 4.69) is 25.8 Å². The van der Waals surface area contributed by atoms with Crippen LogP contribution in [0.5, 0.6) is 5.75 Å². The summed E-state index contributed by atoms with van der Waals surface area (Å²) in [6.07, 6.45) is 2.05. The highest BCUT2D eigenvalue weighted by Crippen LogP contribution is 2.07. The average Bonchev–Trinajstić information content (AvgIpc) is 2.93. The summed E-state index contributed by atoms with van der Waals surface area (Å²) < 4.78 is 7.78. The average molecular weight is 300 g/mol. The van der Waals surface area contributed by atoms with Crippen molar-refractivity contribution in [1.29, 1.82) is 0 Å². The quantitative estimate of drug-likeness (QED) is 0.505. The molecular formula is C17H24N4O. The van der Waals surface area contributed by atoms with Gasteiger partial charge in [-0.2, -0.15) is 0 Å². The molecule has 0 fully saturated rings. The maximum atomic E-state index is 5.67. The fraction of sp³-hybridized carbons (Fsp3) is 0.353. The maximum absolute atomic E-state index is 5.67. The van der Waals surface area contributed by atoms with Gasteiger partial charge in [0.25, 0.3) is 0 Å². The number of hydrogen-bond acceptors (Lipinski definition) is 2. The van der Waals surface area contributed by atoms with Gasteiger partial charge in [-0.25, -0.2) is 0 Å². The van der Waals surface area contributed by atoms with Gasteiger partial charge in [-0.1, -0.05) is 18.2 Å². The standard InChI is InChI=1S/C17H24N4O/c1-18-17(21(3)14-15-8-7-12-20(15)2)19-11-13-22-16-9-5-4-6-10-16/h4-10,12H,11,13-14H2,1-3H3,(H,18,19). The Morgan fingerprint density at radius 2 is 2.00 bits per heavy atom. The molecule has 0 aliphatic carbocycles. The number of benzene rings is 1. The first-order valence-corrected chi connectivity index (χ1v) is 7.40. The summed E-state index contributed by atoms with van der Waals surface area (Å²) in [6, 6.07) is 14.0. The van der Waals surface area contributed by atoms with E-state index in [9.17, 15) is 0 Å². The normalized spacial score (nSPS) is 11.3. The lowest BCUT2D eigenvalue weighted by molar-refractivity contribution is 0.319. The number of nitrogens with zero attached hydrogens (tertiary/aromatic N) is 3. The molecule has 0 bridgehead atoms. The van der Waals surface area contributed by atoms with Crippen molar-refractivity contribution < 1.29 is 4.74 Å². The van der Waals surface area contributed by atoms with Crippen LogP contribution in [0, 0.1) is 0 Å². The van der Waals surface area contributed by atoms with E-state index in [1.165, 1.54) is 5.69 Å². The summed E-state index contributed by atoms with van der Waals surface area (Å²) in [6.45, 7) is 2.11. The van der Waals surface area contributed by atoms with Crippen LogP contribution in [0.1, 0.15) is 5.69 Å². The van der Waals surface area contributed by atoms with Crippen LogP contribution in [0.4, 0.5) is 0 Å². The lowest BCUT2D eigenvalue weighted by Crippen LogP contribution is -2.40. The molecule has 0 amide bonds. The van der Waals surface area contributed by atoms with Crippen LogP contribution in [0.2, 0.25) is 0 Å². The second-order valence-electron chi connectivity index (χ2n) is 5.10. The number of ether oxygens (including phenoxy) is 1. The highest BCUT2D eigenvalue weighted by Gasteiger charge is 2.07. The van der Waals surface area contributed by atoms with Gasteiger partial charge in [-0.3, -0.25) is 4.99 Å². The molecule has 1 heterocycles. The Labute approximate surface area is 132 Å². The van der Waals surface area contributed by atoms with Crippen LogP contribution in [0.3, 0.4) is 0 Å². The van der Waals surface area contributed by atoms with E-state index in [1.54, 1.807) is 7.05 Å². The Morgan fingerprint density at radius 3 is 2.64 bits per heavy atom. The molecular weight excluding hydrogens is 276 g/mol. The first-order chi connectivity index (χ1) is 10.7. The van der Waals surface area contributed by atoms with Gasteiger partial charge in [0.15, 0.2) is 5.96 Å². The van der Waals surface area contributed by atoms with E-state index >= 15 is 0 Å².